The largest absolute Gasteiger partial charge is 0.412 e. The first-order valence-electron chi connectivity index (χ1n) is 9.84. The molecular weight excluding hydrogens is 386 g/mol. The highest BCUT2D eigenvalue weighted by molar-refractivity contribution is 6.74. The Balaban J connectivity index is 2.52. The molecule has 0 amide bonds. The molecule has 1 aromatic carbocycles. The molecule has 0 radical (unpaired) electrons. The van der Waals surface area contributed by atoms with Gasteiger partial charge < -0.3 is 14.8 Å². The highest BCUT2D eigenvalue weighted by Gasteiger charge is 2.42. The first-order valence-corrected chi connectivity index (χ1v) is 12.7. The number of hydrogen-bond donors (Lipinski definition) is 2. The van der Waals surface area contributed by atoms with Crippen molar-refractivity contribution in [1.29, 1.82) is 0 Å². The number of para-hydroxylation sites is 1. The minimum absolute atomic E-state index is 0.000763. The maximum Gasteiger partial charge on any atom is 0.311 e. The second-order valence-corrected chi connectivity index (χ2v) is 14.4. The first kappa shape index (κ1) is 23.2. The number of hydrogen-bond acceptors (Lipinski definition) is 6. The predicted molar refractivity (Wildman–Crippen MR) is 120 cm³/mol. The van der Waals surface area contributed by atoms with Gasteiger partial charge in [-0.3, -0.25) is 10.1 Å². The van der Waals surface area contributed by atoms with Gasteiger partial charge in [-0.2, -0.15) is 0 Å². The molecule has 0 aliphatic heterocycles. The lowest BCUT2D eigenvalue weighted by Gasteiger charge is -2.43. The molecule has 0 aliphatic carbocycles. The third kappa shape index (κ3) is 5.12. The summed E-state index contributed by atoms with van der Waals surface area (Å²) in [5, 5.41) is 26.4. The maximum absolute atomic E-state index is 11.7. The predicted octanol–water partition coefficient (Wildman–Crippen LogP) is 5.10. The zero-order chi connectivity index (χ0) is 22.2. The molecular formula is C21H33N3O4Si. The monoisotopic (exact) mass is 419 g/mol. The summed E-state index contributed by atoms with van der Waals surface area (Å²) in [6.07, 6.45) is 0.883. The van der Waals surface area contributed by atoms with Gasteiger partial charge in [0.05, 0.1) is 28.2 Å². The van der Waals surface area contributed by atoms with Crippen LogP contribution in [0.2, 0.25) is 18.1 Å². The average Bonchev–Trinajstić information content (AvgIpc) is 2.56. The van der Waals surface area contributed by atoms with Gasteiger partial charge in [-0.1, -0.05) is 39.0 Å². The second kappa shape index (κ2) is 8.01. The van der Waals surface area contributed by atoms with Crippen LogP contribution in [0.4, 0.5) is 11.4 Å². The van der Waals surface area contributed by atoms with Crippen LogP contribution in [-0.4, -0.2) is 41.1 Å². The highest BCUT2D eigenvalue weighted by Crippen LogP contribution is 2.39. The number of nitrogens with one attached hydrogen (secondary N) is 1. The Hall–Kier alpha value is -2.03. The molecule has 2 N–H and O–H groups in total. The Morgan fingerprint density at radius 2 is 1.79 bits per heavy atom. The fraction of sp³-hybridized carbons (Fsp3) is 0.571. The molecule has 0 fully saturated rings. The molecule has 8 heteroatoms. The van der Waals surface area contributed by atoms with Crippen molar-refractivity contribution in [3.8, 4) is 0 Å². The Kier molecular flexibility index (Phi) is 6.42. The van der Waals surface area contributed by atoms with Crippen molar-refractivity contribution in [2.75, 3.05) is 5.32 Å². The number of nitrogens with zero attached hydrogens (tertiary/aromatic N) is 2. The van der Waals surface area contributed by atoms with E-state index in [0.717, 1.165) is 0 Å². The van der Waals surface area contributed by atoms with Crippen molar-refractivity contribution in [3.63, 3.8) is 0 Å². The lowest BCUT2D eigenvalue weighted by molar-refractivity contribution is -0.384. The van der Waals surface area contributed by atoms with Gasteiger partial charge in [0.1, 0.15) is 11.9 Å². The summed E-state index contributed by atoms with van der Waals surface area (Å²) in [5.74, 6) is 0. The third-order valence-corrected chi connectivity index (χ3v) is 10.3. The van der Waals surface area contributed by atoms with Crippen LogP contribution in [-0.2, 0) is 4.43 Å². The number of aliphatic hydroxyl groups is 1. The van der Waals surface area contributed by atoms with E-state index in [1.54, 1.807) is 26.0 Å². The van der Waals surface area contributed by atoms with Crippen LogP contribution < -0.4 is 5.32 Å². The van der Waals surface area contributed by atoms with Gasteiger partial charge in [0.15, 0.2) is 8.32 Å². The minimum atomic E-state index is -2.11. The van der Waals surface area contributed by atoms with Crippen LogP contribution in [0.3, 0.4) is 0 Å². The van der Waals surface area contributed by atoms with E-state index in [9.17, 15) is 15.2 Å². The SMILES string of the molecule is C[C@H](O[Si](C)(C)C(C)(C)C)[C@@H](Nc1c([N+](=O)[O-])cnc2ccccc12)C(C)(C)O. The Bertz CT molecular complexity index is 888. The lowest BCUT2D eigenvalue weighted by atomic mass is 9.94. The maximum atomic E-state index is 11.7. The molecule has 7 nitrogen and oxygen atoms in total. The molecule has 0 bridgehead atoms. The summed E-state index contributed by atoms with van der Waals surface area (Å²) in [4.78, 5) is 15.4. The number of rotatable bonds is 7. The summed E-state index contributed by atoms with van der Waals surface area (Å²) in [6, 6.07) is 6.67. The van der Waals surface area contributed by atoms with Crippen LogP contribution in [0.1, 0.15) is 41.5 Å². The van der Waals surface area contributed by atoms with Crippen LogP contribution >= 0.6 is 0 Å². The van der Waals surface area contributed by atoms with E-state index in [1.807, 2.05) is 19.1 Å². The topological polar surface area (TPSA) is 97.5 Å². The van der Waals surface area contributed by atoms with Crippen molar-refractivity contribution >= 4 is 30.6 Å². The van der Waals surface area contributed by atoms with Crippen molar-refractivity contribution in [2.45, 2.75) is 77.4 Å². The molecule has 0 spiro atoms. The molecule has 2 atom stereocenters. The molecule has 0 unspecified atom stereocenters. The second-order valence-electron chi connectivity index (χ2n) is 9.65. The van der Waals surface area contributed by atoms with E-state index in [2.05, 4.69) is 44.2 Å². The van der Waals surface area contributed by atoms with Gasteiger partial charge >= 0.3 is 5.69 Å². The third-order valence-electron chi connectivity index (χ3n) is 5.77. The lowest BCUT2D eigenvalue weighted by Crippen LogP contribution is -2.54. The molecule has 2 aromatic rings. The van der Waals surface area contributed by atoms with Gasteiger partial charge in [-0.25, -0.2) is 4.98 Å². The van der Waals surface area contributed by atoms with E-state index >= 15 is 0 Å². The summed E-state index contributed by atoms with van der Waals surface area (Å²) in [5.41, 5.74) is -0.316. The zero-order valence-electron chi connectivity index (χ0n) is 18.6. The number of nitro groups is 1. The Morgan fingerprint density at radius 3 is 2.31 bits per heavy atom. The first-order chi connectivity index (χ1) is 13.1. The number of benzene rings is 1. The normalized spacial score (nSPS) is 15.2. The quantitative estimate of drug-likeness (QED) is 0.368. The molecule has 160 valence electrons. The van der Waals surface area contributed by atoms with Crippen LogP contribution in [0.25, 0.3) is 10.9 Å². The standard InChI is InChI=1S/C21H33N3O4Si/c1-14(28-29(7,8)20(2,3)4)19(21(5,6)25)23-18-15-11-9-10-12-16(15)22-13-17(18)24(26)27/h9-14,19,25H,1-8H3,(H,22,23)/t14-,19+/m0/s1. The minimum Gasteiger partial charge on any atom is -0.412 e. The van der Waals surface area contributed by atoms with Gasteiger partial charge in [-0.15, -0.1) is 0 Å². The Morgan fingerprint density at radius 1 is 1.21 bits per heavy atom. The number of fused-ring (bicyclic) bond motifs is 1. The summed E-state index contributed by atoms with van der Waals surface area (Å²) < 4.78 is 6.51. The summed E-state index contributed by atoms with van der Waals surface area (Å²) in [7, 11) is -2.11. The molecule has 1 aromatic heterocycles. The average molecular weight is 420 g/mol. The zero-order valence-corrected chi connectivity index (χ0v) is 19.6. The van der Waals surface area contributed by atoms with Crippen LogP contribution in [0.5, 0.6) is 0 Å². The smallest absolute Gasteiger partial charge is 0.311 e. The van der Waals surface area contributed by atoms with E-state index in [4.69, 9.17) is 4.43 Å². The fourth-order valence-electron chi connectivity index (χ4n) is 3.15. The van der Waals surface area contributed by atoms with Crippen molar-refractivity contribution in [2.24, 2.45) is 0 Å². The number of aromatic nitrogens is 1. The molecule has 2 rings (SSSR count). The van der Waals surface area contributed by atoms with E-state index in [1.165, 1.54) is 6.20 Å². The van der Waals surface area contributed by atoms with Crippen molar-refractivity contribution < 1.29 is 14.5 Å². The molecule has 0 saturated carbocycles. The number of pyridine rings is 1. The van der Waals surface area contributed by atoms with Crippen molar-refractivity contribution in [1.82, 2.24) is 4.98 Å². The number of anilines is 1. The van der Waals surface area contributed by atoms with Gasteiger partial charge in [-0.05, 0) is 45.0 Å². The van der Waals surface area contributed by atoms with Gasteiger partial charge in [0.2, 0.25) is 0 Å². The van der Waals surface area contributed by atoms with E-state index in [-0.39, 0.29) is 16.8 Å². The summed E-state index contributed by atoms with van der Waals surface area (Å²) in [6.45, 7) is 16.0. The van der Waals surface area contributed by atoms with E-state index in [0.29, 0.717) is 16.6 Å². The molecule has 29 heavy (non-hydrogen) atoms. The van der Waals surface area contributed by atoms with E-state index < -0.39 is 24.9 Å². The fourth-order valence-corrected chi connectivity index (χ4v) is 4.57. The van der Waals surface area contributed by atoms with Gasteiger partial charge in [0, 0.05) is 5.39 Å². The Labute approximate surface area is 173 Å². The molecule has 1 heterocycles. The summed E-state index contributed by atoms with van der Waals surface area (Å²) >= 11 is 0. The van der Waals surface area contributed by atoms with Gasteiger partial charge in [0.25, 0.3) is 0 Å². The highest BCUT2D eigenvalue weighted by atomic mass is 28.4. The van der Waals surface area contributed by atoms with Crippen molar-refractivity contribution in [3.05, 3.63) is 40.6 Å². The van der Waals surface area contributed by atoms with Crippen LogP contribution in [0, 0.1) is 10.1 Å². The molecule has 0 saturated heterocycles. The van der Waals surface area contributed by atoms with Crippen LogP contribution in [0.15, 0.2) is 30.5 Å². The molecule has 0 aliphatic rings.